The Kier molecular flexibility index (Phi) is 17.5. The van der Waals surface area contributed by atoms with E-state index in [0.717, 1.165) is 6.42 Å². The summed E-state index contributed by atoms with van der Waals surface area (Å²) in [5, 5.41) is 0. The summed E-state index contributed by atoms with van der Waals surface area (Å²) in [5.41, 5.74) is 3.04. The van der Waals surface area contributed by atoms with Gasteiger partial charge in [0.25, 0.3) is 0 Å². The molecule has 0 bridgehead atoms. The number of hydrogen-bond acceptors (Lipinski definition) is 0. The third-order valence-electron chi connectivity index (χ3n) is 2.21. The van der Waals surface area contributed by atoms with Gasteiger partial charge in [0.1, 0.15) is 0 Å². The van der Waals surface area contributed by atoms with Gasteiger partial charge >= 0.3 is 26.2 Å². The van der Waals surface area contributed by atoms with E-state index in [1.54, 1.807) is 5.57 Å². The average molecular weight is 311 g/mol. The summed E-state index contributed by atoms with van der Waals surface area (Å²) in [6, 6.07) is 0. The second-order valence-electron chi connectivity index (χ2n) is 3.05. The normalized spacial score (nSPS) is 13.0. The Morgan fingerprint density at radius 1 is 1.29 bits per heavy atom. The molecule has 0 saturated carbocycles. The Morgan fingerprint density at radius 3 is 2.43 bits per heavy atom. The van der Waals surface area contributed by atoms with E-state index in [0.29, 0.717) is 0 Å². The molecule has 0 N–H and O–H groups in total. The van der Waals surface area contributed by atoms with Gasteiger partial charge in [-0.25, -0.2) is 5.57 Å². The number of halogens is 2. The van der Waals surface area contributed by atoms with Crippen LogP contribution in [0.5, 0.6) is 0 Å². The number of rotatable bonds is 4. The summed E-state index contributed by atoms with van der Waals surface area (Å²) in [4.78, 5) is 0. The van der Waals surface area contributed by atoms with Crippen molar-refractivity contribution in [2.45, 2.75) is 46.0 Å². The maximum Gasteiger partial charge on any atom is 3.00 e. The molecule has 0 nitrogen and oxygen atoms in total. The predicted octanol–water partition coefficient (Wildman–Crippen LogP) is -2.35. The van der Waals surface area contributed by atoms with Gasteiger partial charge in [0.05, 0.1) is 0 Å². The van der Waals surface area contributed by atoms with Crippen molar-refractivity contribution in [3.05, 3.63) is 23.3 Å². The van der Waals surface area contributed by atoms with Crippen LogP contribution in [0.3, 0.4) is 0 Å². The molecule has 0 aromatic heterocycles. The quantitative estimate of drug-likeness (QED) is 0.510. The van der Waals surface area contributed by atoms with E-state index in [-0.39, 0.29) is 51.0 Å². The van der Waals surface area contributed by atoms with Gasteiger partial charge in [-0.15, -0.1) is 6.42 Å². The van der Waals surface area contributed by atoms with E-state index in [4.69, 9.17) is 0 Å². The van der Waals surface area contributed by atoms with Crippen LogP contribution in [-0.4, -0.2) is 0 Å². The van der Waals surface area contributed by atoms with Crippen molar-refractivity contribution in [1.82, 2.24) is 0 Å². The standard InChI is InChI=1S/C11H17.2ClH.Zr/c1-3-5-7-11-9-6-8-10(11)4-2;;;/h8H,3-7H2,1-2H3;2*1H;/q-1;;;+3/p-2. The molecule has 0 saturated heterocycles. The van der Waals surface area contributed by atoms with Crippen LogP contribution in [0.15, 0.2) is 17.2 Å². The van der Waals surface area contributed by atoms with E-state index in [1.807, 2.05) is 0 Å². The summed E-state index contributed by atoms with van der Waals surface area (Å²) >= 11 is 0. The molecular formula is C11H17Cl2Zr. The number of hydrogen-bond donors (Lipinski definition) is 0. The monoisotopic (exact) mass is 309 g/mol. The molecule has 0 spiro atoms. The molecule has 1 rings (SSSR count). The van der Waals surface area contributed by atoms with Gasteiger partial charge in [-0.3, -0.25) is 6.08 Å². The number of unbranched alkanes of at least 4 members (excludes halogenated alkanes) is 1. The van der Waals surface area contributed by atoms with E-state index in [1.165, 1.54) is 31.3 Å². The van der Waals surface area contributed by atoms with E-state index < -0.39 is 0 Å². The minimum Gasteiger partial charge on any atom is -1.00 e. The predicted molar refractivity (Wildman–Crippen MR) is 49.3 cm³/mol. The minimum atomic E-state index is 0. The second-order valence-corrected chi connectivity index (χ2v) is 3.05. The van der Waals surface area contributed by atoms with Crippen molar-refractivity contribution in [2.24, 2.45) is 0 Å². The van der Waals surface area contributed by atoms with Crippen molar-refractivity contribution < 1.29 is 51.0 Å². The fourth-order valence-electron chi connectivity index (χ4n) is 1.49. The molecule has 1 aliphatic carbocycles. The fourth-order valence-corrected chi connectivity index (χ4v) is 1.49. The zero-order chi connectivity index (χ0) is 8.10. The molecule has 79 valence electrons. The second kappa shape index (κ2) is 12.0. The van der Waals surface area contributed by atoms with Crippen molar-refractivity contribution >= 4 is 0 Å². The zero-order valence-electron chi connectivity index (χ0n) is 8.87. The molecule has 1 radical (unpaired) electrons. The topological polar surface area (TPSA) is 0 Å². The summed E-state index contributed by atoms with van der Waals surface area (Å²) in [6.07, 6.45) is 11.8. The SMILES string of the molecule is CCCCC1=[C-]CC=C1CC.[Cl-].[Cl-].[Zr+3]. The van der Waals surface area contributed by atoms with Crippen LogP contribution in [0.1, 0.15) is 46.0 Å². The fraction of sp³-hybridized carbons (Fsp3) is 0.636. The minimum absolute atomic E-state index is 0. The van der Waals surface area contributed by atoms with E-state index in [2.05, 4.69) is 26.0 Å². The molecule has 0 aromatic rings. The van der Waals surface area contributed by atoms with Gasteiger partial charge in [0.15, 0.2) is 0 Å². The van der Waals surface area contributed by atoms with Gasteiger partial charge in [0.2, 0.25) is 0 Å². The molecular weight excluding hydrogens is 294 g/mol. The van der Waals surface area contributed by atoms with E-state index in [9.17, 15) is 0 Å². The van der Waals surface area contributed by atoms with Gasteiger partial charge < -0.3 is 24.8 Å². The molecule has 0 aliphatic heterocycles. The van der Waals surface area contributed by atoms with Crippen LogP contribution < -0.4 is 24.8 Å². The van der Waals surface area contributed by atoms with Crippen LogP contribution >= 0.6 is 0 Å². The van der Waals surface area contributed by atoms with Crippen molar-refractivity contribution in [3.63, 3.8) is 0 Å². The average Bonchev–Trinajstić information content (AvgIpc) is 2.47. The smallest absolute Gasteiger partial charge is 1.00 e. The van der Waals surface area contributed by atoms with E-state index >= 15 is 0 Å². The Bertz CT molecular complexity index is 186. The molecule has 0 aromatic carbocycles. The Balaban J connectivity index is -0.000000403. The Labute approximate surface area is 120 Å². The summed E-state index contributed by atoms with van der Waals surface area (Å²) in [5.74, 6) is 0. The molecule has 0 unspecified atom stereocenters. The first-order chi connectivity index (χ1) is 5.38. The van der Waals surface area contributed by atoms with Crippen LogP contribution in [0.25, 0.3) is 0 Å². The van der Waals surface area contributed by atoms with Crippen LogP contribution in [0.4, 0.5) is 0 Å². The Hall–Kier alpha value is 0.943. The molecule has 1 aliphatic rings. The van der Waals surface area contributed by atoms with Crippen LogP contribution in [0.2, 0.25) is 0 Å². The molecule has 3 heteroatoms. The maximum absolute atomic E-state index is 3.42. The Morgan fingerprint density at radius 2 is 1.93 bits per heavy atom. The van der Waals surface area contributed by atoms with Gasteiger partial charge in [-0.2, -0.15) is 11.6 Å². The molecule has 0 atom stereocenters. The van der Waals surface area contributed by atoms with Crippen molar-refractivity contribution in [1.29, 1.82) is 0 Å². The van der Waals surface area contributed by atoms with Gasteiger partial charge in [-0.05, 0) is 0 Å². The van der Waals surface area contributed by atoms with Crippen molar-refractivity contribution in [3.8, 4) is 0 Å². The maximum atomic E-state index is 3.42. The first-order valence-electron chi connectivity index (χ1n) is 4.67. The molecule has 0 fully saturated rings. The molecule has 0 heterocycles. The third kappa shape index (κ3) is 6.43. The van der Waals surface area contributed by atoms with Crippen LogP contribution in [-0.2, 0) is 26.2 Å². The zero-order valence-corrected chi connectivity index (χ0v) is 12.8. The third-order valence-corrected chi connectivity index (χ3v) is 2.21. The van der Waals surface area contributed by atoms with Gasteiger partial charge in [-0.1, -0.05) is 39.5 Å². The summed E-state index contributed by atoms with van der Waals surface area (Å²) in [7, 11) is 0. The van der Waals surface area contributed by atoms with Crippen molar-refractivity contribution in [2.75, 3.05) is 0 Å². The van der Waals surface area contributed by atoms with Gasteiger partial charge in [0, 0.05) is 0 Å². The molecule has 0 amide bonds. The number of allylic oxidation sites excluding steroid dienone is 4. The summed E-state index contributed by atoms with van der Waals surface area (Å²) < 4.78 is 0. The van der Waals surface area contributed by atoms with Crippen LogP contribution in [0, 0.1) is 6.08 Å². The summed E-state index contributed by atoms with van der Waals surface area (Å²) in [6.45, 7) is 4.47. The first-order valence-corrected chi connectivity index (χ1v) is 4.67. The first kappa shape index (κ1) is 20.4. The largest absolute Gasteiger partial charge is 3.00 e. The molecule has 14 heavy (non-hydrogen) atoms.